The largest absolute Gasteiger partial charge is 0.497 e. The van der Waals surface area contributed by atoms with Crippen molar-refractivity contribution in [1.29, 1.82) is 0 Å². The summed E-state index contributed by atoms with van der Waals surface area (Å²) >= 11 is 0. The minimum absolute atomic E-state index is 0.0584. The van der Waals surface area contributed by atoms with Gasteiger partial charge in [-0.2, -0.15) is 0 Å². The van der Waals surface area contributed by atoms with Crippen molar-refractivity contribution in [2.45, 2.75) is 25.2 Å². The van der Waals surface area contributed by atoms with Gasteiger partial charge in [0.25, 0.3) is 5.91 Å². The van der Waals surface area contributed by atoms with Crippen LogP contribution in [0.15, 0.2) is 53.1 Å². The van der Waals surface area contributed by atoms with Gasteiger partial charge in [0.2, 0.25) is 5.75 Å². The van der Waals surface area contributed by atoms with Crippen LogP contribution in [0.2, 0.25) is 0 Å². The number of ether oxygens (including phenoxy) is 4. The number of methoxy groups -OCH3 is 3. The van der Waals surface area contributed by atoms with Crippen molar-refractivity contribution in [3.05, 3.63) is 65.9 Å². The van der Waals surface area contributed by atoms with Crippen LogP contribution in [0.5, 0.6) is 23.0 Å². The number of carbonyl (C=O) groups is 1. The monoisotopic (exact) mass is 466 g/mol. The van der Waals surface area contributed by atoms with Crippen molar-refractivity contribution in [2.24, 2.45) is 0 Å². The van der Waals surface area contributed by atoms with Crippen LogP contribution in [-0.2, 0) is 11.2 Å². The number of aromatic nitrogens is 1. The molecule has 8 heteroatoms. The molecule has 0 radical (unpaired) electrons. The third kappa shape index (κ3) is 5.44. The average Bonchev–Trinajstić information content (AvgIpc) is 3.36. The fourth-order valence-corrected chi connectivity index (χ4v) is 4.13. The normalized spacial score (nSPS) is 15.6. The number of piperidine rings is 1. The minimum atomic E-state index is -0.0994. The highest BCUT2D eigenvalue weighted by atomic mass is 16.5. The summed E-state index contributed by atoms with van der Waals surface area (Å²) in [4.78, 5) is 19.2. The first-order chi connectivity index (χ1) is 16.6. The molecule has 3 aromatic rings. The van der Waals surface area contributed by atoms with Crippen LogP contribution in [-0.4, -0.2) is 56.8 Å². The van der Waals surface area contributed by atoms with E-state index in [0.717, 1.165) is 29.9 Å². The molecule has 1 aliphatic heterocycles. The Hall–Kier alpha value is -3.68. The molecule has 2 heterocycles. The fourth-order valence-electron chi connectivity index (χ4n) is 4.13. The molecule has 34 heavy (non-hydrogen) atoms. The molecule has 0 aliphatic carbocycles. The van der Waals surface area contributed by atoms with Crippen molar-refractivity contribution < 1.29 is 28.2 Å². The summed E-state index contributed by atoms with van der Waals surface area (Å²) < 4.78 is 27.7. The molecule has 180 valence electrons. The number of hydrogen-bond donors (Lipinski definition) is 0. The maximum atomic E-state index is 12.9. The van der Waals surface area contributed by atoms with Crippen LogP contribution in [0, 0.1) is 0 Å². The standard InChI is InChI=1S/C26H30N2O6/c1-30-20-11-9-18(10-12-20)14-21-15-27-26(34-21)19-6-5-13-28(16-19)24(29)17-33-25-22(31-2)7-4-8-23(25)32-3/h4,7-12,15,19H,5-6,13-14,16-17H2,1-3H3. The van der Waals surface area contributed by atoms with Crippen molar-refractivity contribution in [3.8, 4) is 23.0 Å². The molecular formula is C26H30N2O6. The van der Waals surface area contributed by atoms with E-state index in [2.05, 4.69) is 4.98 Å². The molecule has 1 fully saturated rings. The SMILES string of the molecule is COc1ccc(Cc2cnc(C3CCCN(C(=O)COc4c(OC)cccc4OC)C3)o2)cc1. The van der Waals surface area contributed by atoms with Crippen molar-refractivity contribution >= 4 is 5.91 Å². The van der Waals surface area contributed by atoms with E-state index in [4.69, 9.17) is 23.4 Å². The van der Waals surface area contributed by atoms with Gasteiger partial charge in [0, 0.05) is 19.5 Å². The molecule has 0 spiro atoms. The summed E-state index contributed by atoms with van der Waals surface area (Å²) in [6.07, 6.45) is 4.23. The van der Waals surface area contributed by atoms with Crippen molar-refractivity contribution in [1.82, 2.24) is 9.88 Å². The molecular weight excluding hydrogens is 436 g/mol. The molecule has 1 saturated heterocycles. The minimum Gasteiger partial charge on any atom is -0.497 e. The zero-order valence-corrected chi connectivity index (χ0v) is 19.8. The molecule has 4 rings (SSSR count). The quantitative estimate of drug-likeness (QED) is 0.470. The van der Waals surface area contributed by atoms with E-state index in [0.29, 0.717) is 42.6 Å². The van der Waals surface area contributed by atoms with Crippen LogP contribution in [0.1, 0.15) is 36.0 Å². The van der Waals surface area contributed by atoms with Crippen molar-refractivity contribution in [2.75, 3.05) is 41.0 Å². The van der Waals surface area contributed by atoms with E-state index in [1.807, 2.05) is 29.2 Å². The van der Waals surface area contributed by atoms with Crippen LogP contribution in [0.3, 0.4) is 0 Å². The summed E-state index contributed by atoms with van der Waals surface area (Å²) in [5.74, 6) is 3.72. The van der Waals surface area contributed by atoms with Crippen LogP contribution < -0.4 is 18.9 Å². The van der Waals surface area contributed by atoms with Gasteiger partial charge >= 0.3 is 0 Å². The molecule has 1 unspecified atom stereocenters. The molecule has 2 aromatic carbocycles. The molecule has 1 aliphatic rings. The molecule has 1 atom stereocenters. The number of hydrogen-bond acceptors (Lipinski definition) is 7. The Morgan fingerprint density at radius 1 is 1.06 bits per heavy atom. The zero-order valence-electron chi connectivity index (χ0n) is 19.8. The third-order valence-corrected chi connectivity index (χ3v) is 5.95. The van der Waals surface area contributed by atoms with E-state index in [-0.39, 0.29) is 18.4 Å². The number of nitrogens with zero attached hydrogens (tertiary/aromatic N) is 2. The van der Waals surface area contributed by atoms with Crippen LogP contribution in [0.4, 0.5) is 0 Å². The Bertz CT molecular complexity index is 1070. The van der Waals surface area contributed by atoms with Gasteiger partial charge in [-0.3, -0.25) is 4.79 Å². The molecule has 8 nitrogen and oxygen atoms in total. The maximum Gasteiger partial charge on any atom is 0.260 e. The van der Waals surface area contributed by atoms with Crippen molar-refractivity contribution in [3.63, 3.8) is 0 Å². The predicted molar refractivity (Wildman–Crippen MR) is 126 cm³/mol. The van der Waals surface area contributed by atoms with Crippen LogP contribution in [0.25, 0.3) is 0 Å². The summed E-state index contributed by atoms with van der Waals surface area (Å²) in [5, 5.41) is 0. The van der Waals surface area contributed by atoms with E-state index in [9.17, 15) is 4.79 Å². The molecule has 0 N–H and O–H groups in total. The number of rotatable bonds is 9. The number of para-hydroxylation sites is 1. The number of amides is 1. The Morgan fingerprint density at radius 3 is 2.47 bits per heavy atom. The second kappa shape index (κ2) is 11.0. The van der Waals surface area contributed by atoms with E-state index in [1.165, 1.54) is 0 Å². The van der Waals surface area contributed by atoms with Gasteiger partial charge < -0.3 is 28.3 Å². The summed E-state index contributed by atoms with van der Waals surface area (Å²) in [7, 11) is 4.76. The predicted octanol–water partition coefficient (Wildman–Crippen LogP) is 4.08. The van der Waals surface area contributed by atoms with Gasteiger partial charge in [-0.05, 0) is 42.7 Å². The highest BCUT2D eigenvalue weighted by Gasteiger charge is 2.28. The van der Waals surface area contributed by atoms with Gasteiger partial charge in [-0.1, -0.05) is 18.2 Å². The zero-order chi connectivity index (χ0) is 23.9. The molecule has 1 aromatic heterocycles. The lowest BCUT2D eigenvalue weighted by Gasteiger charge is -2.31. The average molecular weight is 467 g/mol. The highest BCUT2D eigenvalue weighted by Crippen LogP contribution is 2.37. The Balaban J connectivity index is 1.36. The first-order valence-corrected chi connectivity index (χ1v) is 11.3. The third-order valence-electron chi connectivity index (χ3n) is 5.95. The lowest BCUT2D eigenvalue weighted by molar-refractivity contribution is -0.134. The Labute approximate surface area is 199 Å². The molecule has 1 amide bonds. The van der Waals surface area contributed by atoms with Gasteiger partial charge in [0.05, 0.1) is 33.4 Å². The smallest absolute Gasteiger partial charge is 0.260 e. The maximum absolute atomic E-state index is 12.9. The molecule has 0 saturated carbocycles. The Morgan fingerprint density at radius 2 is 1.79 bits per heavy atom. The second-order valence-corrected chi connectivity index (χ2v) is 8.15. The van der Waals surface area contributed by atoms with Gasteiger partial charge in [0.1, 0.15) is 11.5 Å². The van der Waals surface area contributed by atoms with Crippen LogP contribution >= 0.6 is 0 Å². The first-order valence-electron chi connectivity index (χ1n) is 11.3. The number of likely N-dealkylation sites (tertiary alicyclic amines) is 1. The molecule has 0 bridgehead atoms. The first kappa shape index (κ1) is 23.5. The Kier molecular flexibility index (Phi) is 7.57. The fraction of sp³-hybridized carbons (Fsp3) is 0.385. The number of carbonyl (C=O) groups excluding carboxylic acids is 1. The highest BCUT2D eigenvalue weighted by molar-refractivity contribution is 5.78. The van der Waals surface area contributed by atoms with Gasteiger partial charge in [-0.15, -0.1) is 0 Å². The van der Waals surface area contributed by atoms with E-state index in [1.54, 1.807) is 45.7 Å². The summed E-state index contributed by atoms with van der Waals surface area (Å²) in [5.41, 5.74) is 1.12. The number of oxazole rings is 1. The summed E-state index contributed by atoms with van der Waals surface area (Å²) in [6, 6.07) is 13.2. The second-order valence-electron chi connectivity index (χ2n) is 8.15. The van der Waals surface area contributed by atoms with Gasteiger partial charge in [-0.25, -0.2) is 4.98 Å². The topological polar surface area (TPSA) is 83.3 Å². The van der Waals surface area contributed by atoms with Gasteiger partial charge in [0.15, 0.2) is 24.0 Å². The van der Waals surface area contributed by atoms with E-state index < -0.39 is 0 Å². The lowest BCUT2D eigenvalue weighted by Crippen LogP contribution is -2.41. The number of benzene rings is 2. The summed E-state index contributed by atoms with van der Waals surface area (Å²) in [6.45, 7) is 1.13. The van der Waals surface area contributed by atoms with E-state index >= 15 is 0 Å². The lowest BCUT2D eigenvalue weighted by atomic mass is 9.98.